The Morgan fingerprint density at radius 2 is 2.07 bits per heavy atom. The number of fused-ring (bicyclic) bond motifs is 2. The molecule has 5 atom stereocenters. The van der Waals surface area contributed by atoms with Crippen LogP contribution in [0.5, 0.6) is 0 Å². The Balaban J connectivity index is 1.94. The van der Waals surface area contributed by atoms with Gasteiger partial charge in [-0.1, -0.05) is 12.2 Å². The molecule has 2 N–H and O–H groups in total. The molecule has 2 nitrogen and oxygen atoms in total. The van der Waals surface area contributed by atoms with E-state index >= 15 is 0 Å². The van der Waals surface area contributed by atoms with Crippen molar-refractivity contribution in [3.63, 3.8) is 0 Å². The molecule has 0 aliphatic heterocycles. The van der Waals surface area contributed by atoms with Gasteiger partial charge in [0.25, 0.3) is 0 Å². The fourth-order valence-corrected chi connectivity index (χ4v) is 3.84. The predicted molar refractivity (Wildman–Crippen MR) is 53.7 cm³/mol. The average Bonchev–Trinajstić information content (AvgIpc) is 2.17. The molecule has 0 saturated heterocycles. The largest absolute Gasteiger partial charge is 0.393 e. The highest BCUT2D eigenvalue weighted by Crippen LogP contribution is 2.57. The third-order valence-electron chi connectivity index (χ3n) is 4.69. The van der Waals surface area contributed by atoms with Crippen LogP contribution >= 0.6 is 0 Å². The third-order valence-corrected chi connectivity index (χ3v) is 4.69. The fourth-order valence-electron chi connectivity index (χ4n) is 3.84. The molecule has 4 rings (SSSR count). The zero-order valence-electron chi connectivity index (χ0n) is 8.39. The summed E-state index contributed by atoms with van der Waals surface area (Å²) >= 11 is 0. The second-order valence-corrected chi connectivity index (χ2v) is 5.40. The minimum Gasteiger partial charge on any atom is -0.393 e. The lowest BCUT2D eigenvalue weighted by atomic mass is 9.51. The molecule has 14 heavy (non-hydrogen) atoms. The number of hydrogen-bond acceptors (Lipinski definition) is 2. The van der Waals surface area contributed by atoms with Gasteiger partial charge in [0.05, 0.1) is 12.2 Å². The molecular formula is C12H18O2. The van der Waals surface area contributed by atoms with Crippen molar-refractivity contribution in [1.29, 1.82) is 0 Å². The Kier molecular flexibility index (Phi) is 1.80. The molecule has 0 aromatic rings. The smallest absolute Gasteiger partial charge is 0.0724 e. The Morgan fingerprint density at radius 1 is 1.21 bits per heavy atom. The van der Waals surface area contributed by atoms with E-state index in [1.165, 1.54) is 12.8 Å². The van der Waals surface area contributed by atoms with E-state index in [1.807, 2.05) is 6.08 Å². The van der Waals surface area contributed by atoms with Gasteiger partial charge in [0.2, 0.25) is 0 Å². The summed E-state index contributed by atoms with van der Waals surface area (Å²) in [6.07, 6.45) is 9.20. The lowest BCUT2D eigenvalue weighted by Crippen LogP contribution is -2.50. The summed E-state index contributed by atoms with van der Waals surface area (Å²) in [6, 6.07) is 0. The third kappa shape index (κ3) is 1.10. The first kappa shape index (κ1) is 8.93. The molecule has 2 bridgehead atoms. The van der Waals surface area contributed by atoms with Crippen molar-refractivity contribution >= 4 is 0 Å². The highest BCUT2D eigenvalue weighted by Gasteiger charge is 2.51. The van der Waals surface area contributed by atoms with Gasteiger partial charge in [-0.2, -0.15) is 0 Å². The SMILES string of the molecule is OC1C[C@@]23C=C[C@@H](O)C[C@@H]2C[C@@H]1CC3. The molecule has 2 heteroatoms. The lowest BCUT2D eigenvalue weighted by molar-refractivity contribution is -0.0819. The van der Waals surface area contributed by atoms with Gasteiger partial charge < -0.3 is 10.2 Å². The van der Waals surface area contributed by atoms with Crippen molar-refractivity contribution in [2.75, 3.05) is 0 Å². The molecule has 0 radical (unpaired) electrons. The van der Waals surface area contributed by atoms with E-state index in [0.717, 1.165) is 19.3 Å². The molecule has 1 unspecified atom stereocenters. The quantitative estimate of drug-likeness (QED) is 0.573. The molecule has 3 fully saturated rings. The number of hydrogen-bond donors (Lipinski definition) is 2. The fraction of sp³-hybridized carbons (Fsp3) is 0.833. The van der Waals surface area contributed by atoms with Crippen molar-refractivity contribution in [1.82, 2.24) is 0 Å². The lowest BCUT2D eigenvalue weighted by Gasteiger charge is -2.55. The van der Waals surface area contributed by atoms with E-state index < -0.39 is 0 Å². The van der Waals surface area contributed by atoms with Gasteiger partial charge in [-0.25, -0.2) is 0 Å². The summed E-state index contributed by atoms with van der Waals surface area (Å²) in [5.74, 6) is 1.14. The highest BCUT2D eigenvalue weighted by molar-refractivity contribution is 5.16. The molecule has 0 aromatic carbocycles. The maximum absolute atomic E-state index is 9.90. The van der Waals surface area contributed by atoms with Crippen LogP contribution in [0.1, 0.15) is 32.1 Å². The number of aliphatic hydroxyl groups is 2. The van der Waals surface area contributed by atoms with E-state index in [4.69, 9.17) is 0 Å². The Hall–Kier alpha value is -0.340. The summed E-state index contributed by atoms with van der Waals surface area (Å²) < 4.78 is 0. The van der Waals surface area contributed by atoms with E-state index in [0.29, 0.717) is 11.8 Å². The van der Waals surface area contributed by atoms with Crippen LogP contribution in [0.4, 0.5) is 0 Å². The van der Waals surface area contributed by atoms with Crippen LogP contribution < -0.4 is 0 Å². The van der Waals surface area contributed by atoms with Gasteiger partial charge in [-0.05, 0) is 49.4 Å². The van der Waals surface area contributed by atoms with E-state index in [1.54, 1.807) is 0 Å². The monoisotopic (exact) mass is 194 g/mol. The summed E-state index contributed by atoms with van der Waals surface area (Å²) in [5, 5.41) is 19.5. The zero-order valence-corrected chi connectivity index (χ0v) is 8.39. The van der Waals surface area contributed by atoms with Crippen molar-refractivity contribution in [3.05, 3.63) is 12.2 Å². The van der Waals surface area contributed by atoms with Crippen LogP contribution in [0.3, 0.4) is 0 Å². The molecule has 4 aliphatic rings. The first-order chi connectivity index (χ1) is 6.70. The molecule has 1 spiro atoms. The van der Waals surface area contributed by atoms with Crippen molar-refractivity contribution in [3.8, 4) is 0 Å². The highest BCUT2D eigenvalue weighted by atomic mass is 16.3. The van der Waals surface area contributed by atoms with Gasteiger partial charge in [0.1, 0.15) is 0 Å². The molecule has 3 saturated carbocycles. The molecular weight excluding hydrogens is 176 g/mol. The van der Waals surface area contributed by atoms with Gasteiger partial charge >= 0.3 is 0 Å². The van der Waals surface area contributed by atoms with E-state index in [9.17, 15) is 10.2 Å². The normalized spacial score (nSPS) is 55.9. The van der Waals surface area contributed by atoms with Gasteiger partial charge in [-0.15, -0.1) is 0 Å². The van der Waals surface area contributed by atoms with Gasteiger partial charge in [0, 0.05) is 0 Å². The van der Waals surface area contributed by atoms with Crippen molar-refractivity contribution < 1.29 is 10.2 Å². The van der Waals surface area contributed by atoms with Crippen LogP contribution in [0.25, 0.3) is 0 Å². The number of aliphatic hydroxyl groups excluding tert-OH is 2. The number of allylic oxidation sites excluding steroid dienone is 1. The Morgan fingerprint density at radius 3 is 2.86 bits per heavy atom. The van der Waals surface area contributed by atoms with Crippen LogP contribution in [0.2, 0.25) is 0 Å². The minimum atomic E-state index is -0.234. The molecule has 78 valence electrons. The molecule has 0 heterocycles. The van der Waals surface area contributed by atoms with Crippen LogP contribution in [0, 0.1) is 17.3 Å². The summed E-state index contributed by atoms with van der Waals surface area (Å²) in [4.78, 5) is 0. The average molecular weight is 194 g/mol. The standard InChI is InChI=1S/C12H18O2/c13-10-2-4-12-3-1-8(11(14)7-12)5-9(12)6-10/h2,4,8-11,13-14H,1,3,5-7H2/t8-,9-,10+,11?,12+/m0/s1. The van der Waals surface area contributed by atoms with Crippen molar-refractivity contribution in [2.45, 2.75) is 44.3 Å². The predicted octanol–water partition coefficient (Wildman–Crippen LogP) is 1.47. The van der Waals surface area contributed by atoms with Crippen molar-refractivity contribution in [2.24, 2.45) is 17.3 Å². The van der Waals surface area contributed by atoms with Crippen LogP contribution in [-0.2, 0) is 0 Å². The summed E-state index contributed by atoms with van der Waals surface area (Å²) in [6.45, 7) is 0. The maximum Gasteiger partial charge on any atom is 0.0724 e. The minimum absolute atomic E-state index is 0.0834. The topological polar surface area (TPSA) is 40.5 Å². The Bertz CT molecular complexity index is 273. The maximum atomic E-state index is 9.90. The van der Waals surface area contributed by atoms with Crippen LogP contribution in [0.15, 0.2) is 12.2 Å². The molecule has 4 aliphatic carbocycles. The summed E-state index contributed by atoms with van der Waals surface area (Å²) in [7, 11) is 0. The first-order valence-corrected chi connectivity index (χ1v) is 5.75. The number of rotatable bonds is 0. The van der Waals surface area contributed by atoms with Gasteiger partial charge in [-0.3, -0.25) is 0 Å². The zero-order chi connectivity index (χ0) is 9.76. The first-order valence-electron chi connectivity index (χ1n) is 5.75. The Labute approximate surface area is 84.6 Å². The van der Waals surface area contributed by atoms with E-state index in [2.05, 4.69) is 6.08 Å². The molecule has 0 aromatic heterocycles. The van der Waals surface area contributed by atoms with Gasteiger partial charge in [0.15, 0.2) is 0 Å². The second-order valence-electron chi connectivity index (χ2n) is 5.40. The van der Waals surface area contributed by atoms with Crippen LogP contribution in [-0.4, -0.2) is 22.4 Å². The molecule has 0 amide bonds. The van der Waals surface area contributed by atoms with E-state index in [-0.39, 0.29) is 17.6 Å². The summed E-state index contributed by atoms with van der Waals surface area (Å²) in [5.41, 5.74) is 0.243. The second kappa shape index (κ2) is 2.83.